The van der Waals surface area contributed by atoms with E-state index >= 15 is 0 Å². The van der Waals surface area contributed by atoms with Crippen LogP contribution in [0.25, 0.3) is 0 Å². The lowest BCUT2D eigenvalue weighted by Crippen LogP contribution is -2.31. The van der Waals surface area contributed by atoms with Crippen molar-refractivity contribution in [2.24, 2.45) is 5.73 Å². The van der Waals surface area contributed by atoms with Crippen molar-refractivity contribution in [3.8, 4) is 0 Å². The normalized spacial score (nSPS) is 10.4. The fourth-order valence-electron chi connectivity index (χ4n) is 1.21. The van der Waals surface area contributed by atoms with Gasteiger partial charge in [0.2, 0.25) is 5.91 Å². The standard InChI is InChI=1S/C11H24N2O3/c1-13(7-5-3-4-6-12)11(14)10-16-9-8-15-2/h3-10,12H2,1-2H3. The number of carbonyl (C=O) groups excluding carboxylic acids is 1. The minimum absolute atomic E-state index is 0.0175. The number of likely N-dealkylation sites (N-methyl/N-ethyl adjacent to an activating group) is 1. The average Bonchev–Trinajstić information content (AvgIpc) is 2.29. The van der Waals surface area contributed by atoms with E-state index < -0.39 is 0 Å². The summed E-state index contributed by atoms with van der Waals surface area (Å²) in [5, 5.41) is 0. The third-order valence-electron chi connectivity index (χ3n) is 2.28. The van der Waals surface area contributed by atoms with Gasteiger partial charge in [-0.15, -0.1) is 0 Å². The molecule has 0 radical (unpaired) electrons. The fourth-order valence-corrected chi connectivity index (χ4v) is 1.21. The van der Waals surface area contributed by atoms with Gasteiger partial charge in [0.15, 0.2) is 0 Å². The molecule has 0 bridgehead atoms. The predicted molar refractivity (Wildman–Crippen MR) is 63.2 cm³/mol. The molecule has 0 spiro atoms. The predicted octanol–water partition coefficient (Wildman–Crippen LogP) is 0.237. The van der Waals surface area contributed by atoms with Crippen molar-refractivity contribution in [3.63, 3.8) is 0 Å². The Hall–Kier alpha value is -0.650. The molecule has 1 amide bonds. The molecule has 0 unspecified atom stereocenters. The summed E-state index contributed by atoms with van der Waals surface area (Å²) in [4.78, 5) is 13.2. The van der Waals surface area contributed by atoms with Crippen LogP contribution in [-0.4, -0.2) is 57.9 Å². The zero-order valence-electron chi connectivity index (χ0n) is 10.4. The molecular formula is C11H24N2O3. The van der Waals surface area contributed by atoms with Gasteiger partial charge in [-0.2, -0.15) is 0 Å². The molecular weight excluding hydrogens is 208 g/mol. The van der Waals surface area contributed by atoms with Gasteiger partial charge in [0, 0.05) is 20.7 Å². The van der Waals surface area contributed by atoms with Crippen LogP contribution >= 0.6 is 0 Å². The number of hydrogen-bond donors (Lipinski definition) is 1. The number of amides is 1. The van der Waals surface area contributed by atoms with Crippen molar-refractivity contribution in [2.45, 2.75) is 19.3 Å². The first-order valence-corrected chi connectivity index (χ1v) is 5.73. The highest BCUT2D eigenvalue weighted by Crippen LogP contribution is 1.96. The first-order chi connectivity index (χ1) is 7.72. The molecule has 16 heavy (non-hydrogen) atoms. The number of nitrogens with zero attached hydrogens (tertiary/aromatic N) is 1. The highest BCUT2D eigenvalue weighted by Gasteiger charge is 2.07. The third kappa shape index (κ3) is 8.64. The lowest BCUT2D eigenvalue weighted by molar-refractivity contribution is -0.135. The molecule has 0 aromatic heterocycles. The first kappa shape index (κ1) is 15.3. The van der Waals surface area contributed by atoms with E-state index in [2.05, 4.69) is 0 Å². The summed E-state index contributed by atoms with van der Waals surface area (Å²) in [5.74, 6) is 0.0175. The van der Waals surface area contributed by atoms with Crippen molar-refractivity contribution in [1.82, 2.24) is 4.90 Å². The molecule has 0 aliphatic rings. The van der Waals surface area contributed by atoms with E-state index in [1.54, 1.807) is 19.1 Å². The maximum absolute atomic E-state index is 11.5. The van der Waals surface area contributed by atoms with Gasteiger partial charge in [-0.3, -0.25) is 4.79 Å². The van der Waals surface area contributed by atoms with Gasteiger partial charge in [-0.05, 0) is 19.4 Å². The maximum Gasteiger partial charge on any atom is 0.248 e. The van der Waals surface area contributed by atoms with Crippen molar-refractivity contribution < 1.29 is 14.3 Å². The lowest BCUT2D eigenvalue weighted by Gasteiger charge is -2.16. The second kappa shape index (κ2) is 10.9. The molecule has 0 atom stereocenters. The average molecular weight is 232 g/mol. The molecule has 0 saturated heterocycles. The Kier molecular flexibility index (Phi) is 10.4. The van der Waals surface area contributed by atoms with Crippen LogP contribution in [0.2, 0.25) is 0 Å². The van der Waals surface area contributed by atoms with Crippen LogP contribution in [0.15, 0.2) is 0 Å². The molecule has 0 saturated carbocycles. The van der Waals surface area contributed by atoms with Crippen LogP contribution in [0.5, 0.6) is 0 Å². The second-order valence-corrected chi connectivity index (χ2v) is 3.71. The van der Waals surface area contributed by atoms with E-state index in [0.717, 1.165) is 32.4 Å². The minimum Gasteiger partial charge on any atom is -0.382 e. The van der Waals surface area contributed by atoms with Gasteiger partial charge < -0.3 is 20.1 Å². The number of carbonyl (C=O) groups is 1. The molecule has 0 aromatic rings. The molecule has 0 aliphatic heterocycles. The number of unbranched alkanes of at least 4 members (excludes halogenated alkanes) is 2. The Morgan fingerprint density at radius 3 is 2.62 bits per heavy atom. The third-order valence-corrected chi connectivity index (χ3v) is 2.28. The number of ether oxygens (including phenoxy) is 2. The van der Waals surface area contributed by atoms with Crippen LogP contribution < -0.4 is 5.73 Å². The first-order valence-electron chi connectivity index (χ1n) is 5.73. The summed E-state index contributed by atoms with van der Waals surface area (Å²) in [7, 11) is 3.40. The summed E-state index contributed by atoms with van der Waals surface area (Å²) in [6.07, 6.45) is 3.09. The van der Waals surface area contributed by atoms with Crippen molar-refractivity contribution in [1.29, 1.82) is 0 Å². The van der Waals surface area contributed by atoms with E-state index in [9.17, 15) is 4.79 Å². The van der Waals surface area contributed by atoms with Gasteiger partial charge >= 0.3 is 0 Å². The van der Waals surface area contributed by atoms with Crippen molar-refractivity contribution in [2.75, 3.05) is 47.1 Å². The monoisotopic (exact) mass is 232 g/mol. The van der Waals surface area contributed by atoms with Crippen molar-refractivity contribution in [3.05, 3.63) is 0 Å². The van der Waals surface area contributed by atoms with Gasteiger partial charge in [0.25, 0.3) is 0 Å². The fraction of sp³-hybridized carbons (Fsp3) is 0.909. The van der Waals surface area contributed by atoms with Gasteiger partial charge in [-0.25, -0.2) is 0 Å². The summed E-state index contributed by atoms with van der Waals surface area (Å²) in [5.41, 5.74) is 5.39. The van der Waals surface area contributed by atoms with Crippen molar-refractivity contribution >= 4 is 5.91 Å². The van der Waals surface area contributed by atoms with E-state index in [1.165, 1.54) is 0 Å². The Bertz CT molecular complexity index is 177. The van der Waals surface area contributed by atoms with E-state index in [0.29, 0.717) is 13.2 Å². The quantitative estimate of drug-likeness (QED) is 0.548. The lowest BCUT2D eigenvalue weighted by atomic mass is 10.2. The van der Waals surface area contributed by atoms with Gasteiger partial charge in [0.05, 0.1) is 13.2 Å². The van der Waals surface area contributed by atoms with Crippen LogP contribution in [0.3, 0.4) is 0 Å². The van der Waals surface area contributed by atoms with Crippen LogP contribution in [0.4, 0.5) is 0 Å². The summed E-state index contributed by atoms with van der Waals surface area (Å²) in [6.45, 7) is 2.61. The molecule has 0 rings (SSSR count). The SMILES string of the molecule is COCCOCC(=O)N(C)CCCCCN. The topological polar surface area (TPSA) is 64.8 Å². The largest absolute Gasteiger partial charge is 0.382 e. The zero-order chi connectivity index (χ0) is 12.2. The number of methoxy groups -OCH3 is 1. The smallest absolute Gasteiger partial charge is 0.248 e. The minimum atomic E-state index is 0.0175. The zero-order valence-corrected chi connectivity index (χ0v) is 10.4. The molecule has 5 heteroatoms. The molecule has 0 aromatic carbocycles. The summed E-state index contributed by atoms with van der Waals surface area (Å²) >= 11 is 0. The Balaban J connectivity index is 3.42. The van der Waals surface area contributed by atoms with E-state index in [4.69, 9.17) is 15.2 Å². The van der Waals surface area contributed by atoms with E-state index in [1.807, 2.05) is 0 Å². The molecule has 96 valence electrons. The molecule has 2 N–H and O–H groups in total. The second-order valence-electron chi connectivity index (χ2n) is 3.71. The van der Waals surface area contributed by atoms with Gasteiger partial charge in [0.1, 0.15) is 6.61 Å². The molecule has 5 nitrogen and oxygen atoms in total. The summed E-state index contributed by atoms with van der Waals surface area (Å²) in [6, 6.07) is 0. The Labute approximate surface area is 97.9 Å². The van der Waals surface area contributed by atoms with Crippen LogP contribution in [-0.2, 0) is 14.3 Å². The highest BCUT2D eigenvalue weighted by atomic mass is 16.5. The molecule has 0 aliphatic carbocycles. The Morgan fingerprint density at radius 1 is 1.25 bits per heavy atom. The molecule has 0 fully saturated rings. The number of nitrogens with two attached hydrogens (primary N) is 1. The van der Waals surface area contributed by atoms with Crippen LogP contribution in [0, 0.1) is 0 Å². The number of hydrogen-bond acceptors (Lipinski definition) is 4. The maximum atomic E-state index is 11.5. The number of rotatable bonds is 10. The Morgan fingerprint density at radius 2 is 2.00 bits per heavy atom. The van der Waals surface area contributed by atoms with E-state index in [-0.39, 0.29) is 12.5 Å². The highest BCUT2D eigenvalue weighted by molar-refractivity contribution is 5.77. The summed E-state index contributed by atoms with van der Waals surface area (Å²) < 4.78 is 9.96. The molecule has 0 heterocycles. The van der Waals surface area contributed by atoms with Crippen LogP contribution in [0.1, 0.15) is 19.3 Å². The van der Waals surface area contributed by atoms with Gasteiger partial charge in [-0.1, -0.05) is 6.42 Å².